The summed E-state index contributed by atoms with van der Waals surface area (Å²) in [4.78, 5) is 23.6. The Morgan fingerprint density at radius 1 is 1.16 bits per heavy atom. The van der Waals surface area contributed by atoms with E-state index < -0.39 is 18.2 Å². The van der Waals surface area contributed by atoms with Crippen LogP contribution in [-0.4, -0.2) is 45.5 Å². The number of hydrogen-bond donors (Lipinski definition) is 0. The van der Waals surface area contributed by atoms with Gasteiger partial charge in [-0.1, -0.05) is 50.1 Å². The minimum absolute atomic E-state index is 0.0698. The van der Waals surface area contributed by atoms with Crippen molar-refractivity contribution in [2.75, 3.05) is 27.1 Å². The van der Waals surface area contributed by atoms with Crippen LogP contribution in [0.15, 0.2) is 30.3 Å². The predicted octanol–water partition coefficient (Wildman–Crippen LogP) is 3.06. The number of aldehydes is 1. The van der Waals surface area contributed by atoms with Crippen LogP contribution in [0.25, 0.3) is 0 Å². The zero-order valence-corrected chi connectivity index (χ0v) is 15.0. The van der Waals surface area contributed by atoms with Gasteiger partial charge in [0.15, 0.2) is 18.5 Å². The fraction of sp³-hybridized carbons (Fsp3) is 0.579. The number of methoxy groups -OCH3 is 1. The first-order valence-electron chi connectivity index (χ1n) is 8.62. The lowest BCUT2D eigenvalue weighted by molar-refractivity contribution is -0.174. The minimum atomic E-state index is -0.933. The molecule has 0 heterocycles. The van der Waals surface area contributed by atoms with Crippen molar-refractivity contribution in [2.24, 2.45) is 0 Å². The van der Waals surface area contributed by atoms with E-state index in [2.05, 4.69) is 6.92 Å². The Balaban J connectivity index is 2.63. The number of carbonyl (C=O) groups is 2. The molecule has 1 rings (SSSR count). The van der Waals surface area contributed by atoms with E-state index >= 15 is 0 Å². The first kappa shape index (κ1) is 21.3. The maximum atomic E-state index is 12.5. The van der Waals surface area contributed by atoms with E-state index in [-0.39, 0.29) is 6.79 Å². The highest BCUT2D eigenvalue weighted by Gasteiger charge is 2.26. The van der Waals surface area contributed by atoms with Crippen LogP contribution >= 0.6 is 0 Å². The molecule has 0 aliphatic carbocycles. The Hall–Kier alpha value is -1.76. The molecule has 6 nitrogen and oxygen atoms in total. The molecule has 0 saturated carbocycles. The van der Waals surface area contributed by atoms with E-state index in [4.69, 9.17) is 18.9 Å². The van der Waals surface area contributed by atoms with Gasteiger partial charge in [-0.25, -0.2) is 4.79 Å². The van der Waals surface area contributed by atoms with Gasteiger partial charge in [0.25, 0.3) is 0 Å². The van der Waals surface area contributed by atoms with Gasteiger partial charge in [0.2, 0.25) is 0 Å². The second-order valence-electron chi connectivity index (χ2n) is 5.58. The van der Waals surface area contributed by atoms with E-state index in [0.29, 0.717) is 31.5 Å². The van der Waals surface area contributed by atoms with Crippen molar-refractivity contribution in [3.8, 4) is 0 Å². The monoisotopic (exact) mass is 352 g/mol. The quantitative estimate of drug-likeness (QED) is 0.222. The van der Waals surface area contributed by atoms with Gasteiger partial charge >= 0.3 is 5.97 Å². The highest BCUT2D eigenvalue weighted by Crippen LogP contribution is 2.20. The average Bonchev–Trinajstić information content (AvgIpc) is 2.64. The van der Waals surface area contributed by atoms with Crippen LogP contribution < -0.4 is 0 Å². The molecule has 1 aromatic carbocycles. The van der Waals surface area contributed by atoms with Crippen molar-refractivity contribution in [2.45, 2.75) is 44.8 Å². The van der Waals surface area contributed by atoms with Crippen molar-refractivity contribution in [1.29, 1.82) is 0 Å². The van der Waals surface area contributed by atoms with Gasteiger partial charge in [-0.05, 0) is 18.4 Å². The topological polar surface area (TPSA) is 71.1 Å². The van der Waals surface area contributed by atoms with Gasteiger partial charge in [-0.2, -0.15) is 0 Å². The summed E-state index contributed by atoms with van der Waals surface area (Å²) in [7, 11) is 1.58. The molecular weight excluding hydrogens is 324 g/mol. The third-order valence-electron chi connectivity index (χ3n) is 3.58. The summed E-state index contributed by atoms with van der Waals surface area (Å²) in [5.41, 5.74) is 0.654. The van der Waals surface area contributed by atoms with E-state index in [1.807, 2.05) is 18.2 Å². The molecule has 0 aliphatic heterocycles. The average molecular weight is 352 g/mol. The Labute approximate surface area is 149 Å². The van der Waals surface area contributed by atoms with E-state index in [1.54, 1.807) is 19.2 Å². The molecule has 1 aromatic rings. The third-order valence-corrected chi connectivity index (χ3v) is 3.58. The molecule has 2 atom stereocenters. The molecule has 0 amide bonds. The van der Waals surface area contributed by atoms with Crippen LogP contribution in [0, 0.1) is 0 Å². The fourth-order valence-corrected chi connectivity index (χ4v) is 2.21. The summed E-state index contributed by atoms with van der Waals surface area (Å²) in [6, 6.07) is 9.01. The smallest absolute Gasteiger partial charge is 0.340 e. The summed E-state index contributed by atoms with van der Waals surface area (Å²) < 4.78 is 21.0. The molecule has 0 spiro atoms. The Morgan fingerprint density at radius 2 is 1.92 bits per heavy atom. The molecule has 6 heteroatoms. The molecule has 0 aromatic heterocycles. The van der Waals surface area contributed by atoms with Crippen LogP contribution in [-0.2, 0) is 28.5 Å². The first-order valence-corrected chi connectivity index (χ1v) is 8.62. The van der Waals surface area contributed by atoms with E-state index in [9.17, 15) is 9.59 Å². The summed E-state index contributed by atoms with van der Waals surface area (Å²) in [5.74, 6) is -0.588. The van der Waals surface area contributed by atoms with Crippen molar-refractivity contribution in [3.63, 3.8) is 0 Å². The lowest BCUT2D eigenvalue weighted by Crippen LogP contribution is -2.26. The molecule has 0 N–H and O–H groups in total. The predicted molar refractivity (Wildman–Crippen MR) is 93.0 cm³/mol. The Bertz CT molecular complexity index is 476. The van der Waals surface area contributed by atoms with Crippen LogP contribution in [0.3, 0.4) is 0 Å². The van der Waals surface area contributed by atoms with Crippen LogP contribution in [0.5, 0.6) is 0 Å². The molecule has 0 aliphatic rings. The lowest BCUT2D eigenvalue weighted by Gasteiger charge is -2.19. The SMILES string of the molecule is CCCCC[C@@H](C=O)OC(=O)[C@@H](OCOCCOC)c1ccccc1. The summed E-state index contributed by atoms with van der Waals surface area (Å²) >= 11 is 0. The van der Waals surface area contributed by atoms with Gasteiger partial charge in [-0.15, -0.1) is 0 Å². The molecule has 0 saturated heterocycles. The number of unbranched alkanes of at least 4 members (excludes halogenated alkanes) is 2. The molecule has 25 heavy (non-hydrogen) atoms. The van der Waals surface area contributed by atoms with Crippen LogP contribution in [0.1, 0.15) is 44.3 Å². The number of benzene rings is 1. The van der Waals surface area contributed by atoms with Crippen molar-refractivity contribution in [1.82, 2.24) is 0 Å². The van der Waals surface area contributed by atoms with E-state index in [1.165, 1.54) is 0 Å². The lowest BCUT2D eigenvalue weighted by atomic mass is 10.1. The van der Waals surface area contributed by atoms with Crippen molar-refractivity contribution in [3.05, 3.63) is 35.9 Å². The summed E-state index contributed by atoms with van der Waals surface area (Å²) in [5, 5.41) is 0. The standard InChI is InChI=1S/C19H28O6/c1-3-4-6-11-17(14-20)25-19(21)18(16-9-7-5-8-10-16)24-15-23-13-12-22-2/h5,7-10,14,17-18H,3-4,6,11-13,15H2,1-2H3/t17-,18-/m0/s1. The number of esters is 1. The summed E-state index contributed by atoms with van der Waals surface area (Å²) in [6.07, 6.45) is 2.38. The largest absolute Gasteiger partial charge is 0.452 e. The van der Waals surface area contributed by atoms with Gasteiger partial charge < -0.3 is 18.9 Å². The second-order valence-corrected chi connectivity index (χ2v) is 5.58. The minimum Gasteiger partial charge on any atom is -0.452 e. The van der Waals surface area contributed by atoms with E-state index in [0.717, 1.165) is 19.3 Å². The maximum Gasteiger partial charge on any atom is 0.340 e. The van der Waals surface area contributed by atoms with Crippen molar-refractivity contribution >= 4 is 12.3 Å². The van der Waals surface area contributed by atoms with Gasteiger partial charge in [0.1, 0.15) is 6.79 Å². The Kier molecular flexibility index (Phi) is 11.5. The molecular formula is C19H28O6. The zero-order valence-electron chi connectivity index (χ0n) is 15.0. The number of rotatable bonds is 14. The fourth-order valence-electron chi connectivity index (χ4n) is 2.21. The zero-order chi connectivity index (χ0) is 18.3. The third kappa shape index (κ3) is 8.77. The Morgan fingerprint density at radius 3 is 2.56 bits per heavy atom. The van der Waals surface area contributed by atoms with Gasteiger partial charge in [0, 0.05) is 7.11 Å². The van der Waals surface area contributed by atoms with Gasteiger partial charge in [-0.3, -0.25) is 4.79 Å². The highest BCUT2D eigenvalue weighted by atomic mass is 16.7. The second kappa shape index (κ2) is 13.5. The van der Waals surface area contributed by atoms with Crippen molar-refractivity contribution < 1.29 is 28.5 Å². The van der Waals surface area contributed by atoms with Gasteiger partial charge in [0.05, 0.1) is 13.2 Å². The number of ether oxygens (including phenoxy) is 4. The number of carbonyl (C=O) groups excluding carboxylic acids is 2. The number of hydrogen-bond acceptors (Lipinski definition) is 6. The molecule has 140 valence electrons. The maximum absolute atomic E-state index is 12.5. The molecule has 0 fully saturated rings. The molecule has 0 bridgehead atoms. The first-order chi connectivity index (χ1) is 12.2. The van der Waals surface area contributed by atoms with Crippen LogP contribution in [0.4, 0.5) is 0 Å². The summed E-state index contributed by atoms with van der Waals surface area (Å²) in [6.45, 7) is 2.81. The normalized spacial score (nSPS) is 13.2. The molecule has 0 unspecified atom stereocenters. The molecule has 0 radical (unpaired) electrons. The van der Waals surface area contributed by atoms with Crippen LogP contribution in [0.2, 0.25) is 0 Å². The highest BCUT2D eigenvalue weighted by molar-refractivity contribution is 5.78.